The Morgan fingerprint density at radius 2 is 1.57 bits per heavy atom. The minimum atomic E-state index is -3.65. The lowest BCUT2D eigenvalue weighted by atomic mass is 9.97. The minimum Gasteiger partial charge on any atom is -0.378 e. The van der Waals surface area contributed by atoms with Crippen LogP contribution < -0.4 is 5.32 Å². The molecule has 188 valence electrons. The van der Waals surface area contributed by atoms with Crippen LogP contribution in [0.15, 0.2) is 42.5 Å². The van der Waals surface area contributed by atoms with Gasteiger partial charge in [-0.2, -0.15) is 0 Å². The van der Waals surface area contributed by atoms with E-state index >= 15 is 0 Å². The molecule has 2 aliphatic rings. The number of hydrogen-bond acceptors (Lipinski definition) is 5. The number of nitrogens with zero attached hydrogens (tertiary/aromatic N) is 2. The molecule has 0 spiro atoms. The van der Waals surface area contributed by atoms with Crippen molar-refractivity contribution >= 4 is 50.7 Å². The molecule has 2 aromatic carbocycles. The second-order valence-electron chi connectivity index (χ2n) is 8.57. The number of morpholine rings is 1. The van der Waals surface area contributed by atoms with Gasteiger partial charge in [-0.15, -0.1) is 0 Å². The van der Waals surface area contributed by atoms with E-state index in [0.29, 0.717) is 66.0 Å². The number of carbonyl (C=O) groups is 2. The molecule has 2 aliphatic heterocycles. The van der Waals surface area contributed by atoms with E-state index in [1.165, 1.54) is 4.31 Å². The van der Waals surface area contributed by atoms with Crippen LogP contribution in [0.4, 0.5) is 5.69 Å². The van der Waals surface area contributed by atoms with Crippen LogP contribution in [0, 0.1) is 5.92 Å². The first-order valence-corrected chi connectivity index (χ1v) is 13.8. The standard InChI is InChI=1S/C24H27Cl2N3O5S/c25-20-5-3-6-21(26)19(20)16-35(32,33)29-10-8-17(9-11-29)23(30)27-22-7-2-1-4-18(22)24(31)28-12-14-34-15-13-28/h1-7,17H,8-16H2,(H,27,30). The van der Waals surface area contributed by atoms with Gasteiger partial charge in [-0.25, -0.2) is 12.7 Å². The number of benzene rings is 2. The predicted octanol–water partition coefficient (Wildman–Crippen LogP) is 3.65. The topological polar surface area (TPSA) is 96.0 Å². The highest BCUT2D eigenvalue weighted by Gasteiger charge is 2.32. The van der Waals surface area contributed by atoms with E-state index in [1.54, 1.807) is 47.4 Å². The summed E-state index contributed by atoms with van der Waals surface area (Å²) in [5, 5.41) is 3.50. The van der Waals surface area contributed by atoms with E-state index in [9.17, 15) is 18.0 Å². The molecular formula is C24H27Cl2N3O5S. The van der Waals surface area contributed by atoms with Gasteiger partial charge in [0.15, 0.2) is 0 Å². The van der Waals surface area contributed by atoms with Crippen molar-refractivity contribution in [3.63, 3.8) is 0 Å². The predicted molar refractivity (Wildman–Crippen MR) is 135 cm³/mol. The number of rotatable bonds is 6. The molecule has 0 atom stereocenters. The minimum absolute atomic E-state index is 0.150. The van der Waals surface area contributed by atoms with Gasteiger partial charge in [-0.1, -0.05) is 41.4 Å². The van der Waals surface area contributed by atoms with Gasteiger partial charge in [-0.3, -0.25) is 9.59 Å². The molecular weight excluding hydrogens is 513 g/mol. The number of nitrogens with one attached hydrogen (secondary N) is 1. The number of ether oxygens (including phenoxy) is 1. The summed E-state index contributed by atoms with van der Waals surface area (Å²) < 4.78 is 32.6. The Kier molecular flexibility index (Phi) is 8.34. The molecule has 2 fully saturated rings. The first-order chi connectivity index (χ1) is 16.8. The van der Waals surface area contributed by atoms with E-state index in [1.807, 2.05) is 0 Å². The average molecular weight is 540 g/mol. The maximum absolute atomic E-state index is 13.0. The van der Waals surface area contributed by atoms with Crippen molar-refractivity contribution in [2.45, 2.75) is 18.6 Å². The molecule has 0 saturated carbocycles. The summed E-state index contributed by atoms with van der Waals surface area (Å²) in [5.74, 6) is -1.03. The Labute approximate surface area is 215 Å². The fraction of sp³-hybridized carbons (Fsp3) is 0.417. The molecule has 0 unspecified atom stereocenters. The largest absolute Gasteiger partial charge is 0.378 e. The van der Waals surface area contributed by atoms with Crippen molar-refractivity contribution in [2.75, 3.05) is 44.7 Å². The lowest BCUT2D eigenvalue weighted by molar-refractivity contribution is -0.120. The molecule has 1 N–H and O–H groups in total. The number of anilines is 1. The zero-order chi connectivity index (χ0) is 25.0. The lowest BCUT2D eigenvalue weighted by Gasteiger charge is -2.31. The highest BCUT2D eigenvalue weighted by molar-refractivity contribution is 7.88. The van der Waals surface area contributed by atoms with Crippen LogP contribution in [0.25, 0.3) is 0 Å². The van der Waals surface area contributed by atoms with Gasteiger partial charge in [-0.05, 0) is 37.1 Å². The van der Waals surface area contributed by atoms with Crippen LogP contribution in [-0.2, 0) is 25.3 Å². The van der Waals surface area contributed by atoms with Crippen molar-refractivity contribution < 1.29 is 22.7 Å². The number of carbonyl (C=O) groups excluding carboxylic acids is 2. The van der Waals surface area contributed by atoms with Crippen molar-refractivity contribution in [3.8, 4) is 0 Å². The maximum atomic E-state index is 13.0. The van der Waals surface area contributed by atoms with Crippen molar-refractivity contribution in [3.05, 3.63) is 63.6 Å². The summed E-state index contributed by atoms with van der Waals surface area (Å²) in [6.45, 7) is 2.43. The number of amides is 2. The Bertz CT molecular complexity index is 1170. The van der Waals surface area contributed by atoms with Gasteiger partial charge in [0.25, 0.3) is 5.91 Å². The molecule has 2 saturated heterocycles. The summed E-state index contributed by atoms with van der Waals surface area (Å²) in [7, 11) is -3.65. The van der Waals surface area contributed by atoms with E-state index in [2.05, 4.69) is 5.32 Å². The third-order valence-corrected chi connectivity index (χ3v) is 8.83. The Morgan fingerprint density at radius 3 is 2.23 bits per heavy atom. The average Bonchev–Trinajstić information content (AvgIpc) is 2.87. The first-order valence-electron chi connectivity index (χ1n) is 11.4. The number of halogens is 2. The van der Waals surface area contributed by atoms with Crippen LogP contribution in [0.3, 0.4) is 0 Å². The molecule has 4 rings (SSSR count). The molecule has 2 amide bonds. The molecule has 0 aliphatic carbocycles. The summed E-state index contributed by atoms with van der Waals surface area (Å²) in [4.78, 5) is 27.7. The van der Waals surface area contributed by atoms with Gasteiger partial charge in [0.2, 0.25) is 15.9 Å². The van der Waals surface area contributed by atoms with Crippen LogP contribution in [-0.4, -0.2) is 68.8 Å². The SMILES string of the molecule is O=C(Nc1ccccc1C(=O)N1CCOCC1)C1CCN(S(=O)(=O)Cc2c(Cl)cccc2Cl)CC1. The summed E-state index contributed by atoms with van der Waals surface area (Å²) in [6, 6.07) is 11.8. The molecule has 8 nitrogen and oxygen atoms in total. The molecule has 0 aromatic heterocycles. The third-order valence-electron chi connectivity index (χ3n) is 6.32. The lowest BCUT2D eigenvalue weighted by Crippen LogP contribution is -2.42. The molecule has 0 radical (unpaired) electrons. The van der Waals surface area contributed by atoms with Gasteiger partial charge >= 0.3 is 0 Å². The molecule has 11 heteroatoms. The van der Waals surface area contributed by atoms with E-state index in [4.69, 9.17) is 27.9 Å². The number of hydrogen-bond donors (Lipinski definition) is 1. The van der Waals surface area contributed by atoms with Crippen LogP contribution in [0.5, 0.6) is 0 Å². The monoisotopic (exact) mass is 539 g/mol. The molecule has 2 aromatic rings. The second-order valence-corrected chi connectivity index (χ2v) is 11.4. The molecule has 0 bridgehead atoms. The van der Waals surface area contributed by atoms with Crippen molar-refractivity contribution in [1.82, 2.24) is 9.21 Å². The van der Waals surface area contributed by atoms with Gasteiger partial charge in [0, 0.05) is 47.7 Å². The summed E-state index contributed by atoms with van der Waals surface area (Å²) in [6.07, 6.45) is 0.752. The van der Waals surface area contributed by atoms with Gasteiger partial charge in [0.1, 0.15) is 0 Å². The maximum Gasteiger partial charge on any atom is 0.256 e. The van der Waals surface area contributed by atoms with Crippen molar-refractivity contribution in [2.24, 2.45) is 5.92 Å². The second kappa shape index (κ2) is 11.3. The Morgan fingerprint density at radius 1 is 0.943 bits per heavy atom. The normalized spacial score (nSPS) is 17.8. The highest BCUT2D eigenvalue weighted by Crippen LogP contribution is 2.29. The van der Waals surface area contributed by atoms with Crippen LogP contribution >= 0.6 is 23.2 Å². The fourth-order valence-corrected chi connectivity index (χ4v) is 6.61. The molecule has 35 heavy (non-hydrogen) atoms. The van der Waals surface area contributed by atoms with Gasteiger partial charge in [0.05, 0.1) is 30.2 Å². The Hall–Kier alpha value is -2.17. The van der Waals surface area contributed by atoms with E-state index < -0.39 is 10.0 Å². The van der Waals surface area contributed by atoms with Crippen LogP contribution in [0.2, 0.25) is 10.0 Å². The zero-order valence-electron chi connectivity index (χ0n) is 19.1. The van der Waals surface area contributed by atoms with E-state index in [0.717, 1.165) is 0 Å². The smallest absolute Gasteiger partial charge is 0.256 e. The van der Waals surface area contributed by atoms with E-state index in [-0.39, 0.29) is 36.6 Å². The van der Waals surface area contributed by atoms with Crippen LogP contribution in [0.1, 0.15) is 28.8 Å². The quantitative estimate of drug-likeness (QED) is 0.604. The van der Waals surface area contributed by atoms with Crippen molar-refractivity contribution in [1.29, 1.82) is 0 Å². The highest BCUT2D eigenvalue weighted by atomic mass is 35.5. The van der Waals surface area contributed by atoms with Gasteiger partial charge < -0.3 is 15.0 Å². The number of para-hydroxylation sites is 1. The number of piperidine rings is 1. The number of sulfonamides is 1. The Balaban J connectivity index is 1.37. The summed E-state index contributed by atoms with van der Waals surface area (Å²) in [5.41, 5.74) is 1.26. The fourth-order valence-electron chi connectivity index (χ4n) is 4.29. The summed E-state index contributed by atoms with van der Waals surface area (Å²) >= 11 is 12.3. The zero-order valence-corrected chi connectivity index (χ0v) is 21.4. The third kappa shape index (κ3) is 6.16. The first kappa shape index (κ1) is 25.9. The molecule has 2 heterocycles.